The fourth-order valence-electron chi connectivity index (χ4n) is 1.42. The van der Waals surface area contributed by atoms with Gasteiger partial charge >= 0.3 is 0 Å². The van der Waals surface area contributed by atoms with Gasteiger partial charge in [0.15, 0.2) is 0 Å². The molecule has 0 aromatic heterocycles. The van der Waals surface area contributed by atoms with Crippen molar-refractivity contribution in [3.63, 3.8) is 0 Å². The predicted octanol–water partition coefficient (Wildman–Crippen LogP) is 2.77. The Morgan fingerprint density at radius 2 is 2.07 bits per heavy atom. The monoisotopic (exact) mass is 231 g/mol. The first-order valence-corrected chi connectivity index (χ1v) is 5.02. The molecular formula is C11H15ClFNO. The Labute approximate surface area is 94.2 Å². The van der Waals surface area contributed by atoms with Crippen LogP contribution in [0.2, 0.25) is 5.02 Å². The van der Waals surface area contributed by atoms with Gasteiger partial charge in [-0.2, -0.15) is 0 Å². The summed E-state index contributed by atoms with van der Waals surface area (Å²) < 4.78 is 18.6. The SMILES string of the molecule is COc1c(Cl)ccc(F)c1CC(C)(C)N. The predicted molar refractivity (Wildman–Crippen MR) is 59.9 cm³/mol. The van der Waals surface area contributed by atoms with Crippen LogP contribution in [-0.4, -0.2) is 12.6 Å². The van der Waals surface area contributed by atoms with Gasteiger partial charge in [0, 0.05) is 11.1 Å². The van der Waals surface area contributed by atoms with Crippen molar-refractivity contribution in [1.29, 1.82) is 0 Å². The molecule has 1 aromatic carbocycles. The van der Waals surface area contributed by atoms with E-state index in [0.29, 0.717) is 22.8 Å². The molecule has 4 heteroatoms. The number of halogens is 2. The molecule has 0 bridgehead atoms. The molecule has 0 aliphatic heterocycles. The fourth-order valence-corrected chi connectivity index (χ4v) is 1.67. The van der Waals surface area contributed by atoms with Gasteiger partial charge in [0.2, 0.25) is 0 Å². The summed E-state index contributed by atoms with van der Waals surface area (Å²) in [7, 11) is 1.47. The van der Waals surface area contributed by atoms with Gasteiger partial charge in [-0.1, -0.05) is 11.6 Å². The molecule has 2 N–H and O–H groups in total. The van der Waals surface area contributed by atoms with Crippen LogP contribution in [0.1, 0.15) is 19.4 Å². The van der Waals surface area contributed by atoms with E-state index in [1.165, 1.54) is 19.2 Å². The maximum Gasteiger partial charge on any atom is 0.143 e. The van der Waals surface area contributed by atoms with E-state index in [1.54, 1.807) is 0 Å². The Hall–Kier alpha value is -0.800. The lowest BCUT2D eigenvalue weighted by Crippen LogP contribution is -2.34. The number of benzene rings is 1. The zero-order valence-corrected chi connectivity index (χ0v) is 9.86. The second-order valence-electron chi connectivity index (χ2n) is 4.21. The maximum atomic E-state index is 13.6. The van der Waals surface area contributed by atoms with E-state index in [9.17, 15) is 4.39 Å². The molecule has 0 atom stereocenters. The highest BCUT2D eigenvalue weighted by molar-refractivity contribution is 6.32. The minimum absolute atomic E-state index is 0.338. The van der Waals surface area contributed by atoms with E-state index in [-0.39, 0.29) is 5.82 Å². The Morgan fingerprint density at radius 1 is 1.47 bits per heavy atom. The summed E-state index contributed by atoms with van der Waals surface area (Å²) in [4.78, 5) is 0. The summed E-state index contributed by atoms with van der Waals surface area (Å²) in [5.41, 5.74) is 5.77. The van der Waals surface area contributed by atoms with Gasteiger partial charge in [-0.3, -0.25) is 0 Å². The number of methoxy groups -OCH3 is 1. The lowest BCUT2D eigenvalue weighted by molar-refractivity contribution is 0.395. The lowest BCUT2D eigenvalue weighted by Gasteiger charge is -2.21. The maximum absolute atomic E-state index is 13.6. The van der Waals surface area contributed by atoms with Gasteiger partial charge in [0.25, 0.3) is 0 Å². The third-order valence-corrected chi connectivity index (χ3v) is 2.29. The quantitative estimate of drug-likeness (QED) is 0.868. The Kier molecular flexibility index (Phi) is 3.58. The highest BCUT2D eigenvalue weighted by Crippen LogP contribution is 2.32. The highest BCUT2D eigenvalue weighted by atomic mass is 35.5. The summed E-state index contributed by atoms with van der Waals surface area (Å²) in [5, 5.41) is 0.401. The van der Waals surface area contributed by atoms with Gasteiger partial charge in [0.05, 0.1) is 12.1 Å². The number of ether oxygens (including phenoxy) is 1. The third-order valence-electron chi connectivity index (χ3n) is 1.99. The normalized spacial score (nSPS) is 11.6. The fraction of sp³-hybridized carbons (Fsp3) is 0.455. The highest BCUT2D eigenvalue weighted by Gasteiger charge is 2.20. The molecule has 0 aliphatic rings. The number of hydrogen-bond donors (Lipinski definition) is 1. The minimum Gasteiger partial charge on any atom is -0.495 e. The van der Waals surface area contributed by atoms with E-state index in [0.717, 1.165) is 0 Å². The second-order valence-corrected chi connectivity index (χ2v) is 4.61. The van der Waals surface area contributed by atoms with Gasteiger partial charge < -0.3 is 10.5 Å². The standard InChI is InChI=1S/C11H15ClFNO/c1-11(2,14)6-7-9(13)5-4-8(12)10(7)15-3/h4-5H,6,14H2,1-3H3. The van der Waals surface area contributed by atoms with Crippen LogP contribution in [0.3, 0.4) is 0 Å². The molecule has 0 spiro atoms. The van der Waals surface area contributed by atoms with Crippen LogP contribution in [0.15, 0.2) is 12.1 Å². The molecule has 15 heavy (non-hydrogen) atoms. The minimum atomic E-state index is -0.501. The molecule has 1 aromatic rings. The Morgan fingerprint density at radius 3 is 2.53 bits per heavy atom. The van der Waals surface area contributed by atoms with Gasteiger partial charge in [-0.15, -0.1) is 0 Å². The van der Waals surface area contributed by atoms with Crippen LogP contribution < -0.4 is 10.5 Å². The zero-order valence-electron chi connectivity index (χ0n) is 9.10. The second kappa shape index (κ2) is 4.37. The summed E-state index contributed by atoms with van der Waals surface area (Å²) >= 11 is 5.90. The van der Waals surface area contributed by atoms with Crippen LogP contribution >= 0.6 is 11.6 Å². The first-order chi connectivity index (χ1) is 6.85. The lowest BCUT2D eigenvalue weighted by atomic mass is 9.95. The van der Waals surface area contributed by atoms with Gasteiger partial charge in [0.1, 0.15) is 11.6 Å². The van der Waals surface area contributed by atoms with E-state index < -0.39 is 5.54 Å². The molecule has 0 fully saturated rings. The summed E-state index contributed by atoms with van der Waals surface area (Å²) in [5.74, 6) is 0.0324. The van der Waals surface area contributed by atoms with Crippen molar-refractivity contribution >= 4 is 11.6 Å². The van der Waals surface area contributed by atoms with Crippen molar-refractivity contribution in [1.82, 2.24) is 0 Å². The van der Waals surface area contributed by atoms with Crippen LogP contribution in [-0.2, 0) is 6.42 Å². The summed E-state index contributed by atoms with van der Waals surface area (Å²) in [6, 6.07) is 2.80. The molecule has 0 aliphatic carbocycles. The topological polar surface area (TPSA) is 35.2 Å². The molecule has 2 nitrogen and oxygen atoms in total. The van der Waals surface area contributed by atoms with Crippen LogP contribution in [0.4, 0.5) is 4.39 Å². The van der Waals surface area contributed by atoms with E-state index in [4.69, 9.17) is 22.1 Å². The number of rotatable bonds is 3. The Bertz CT molecular complexity index is 360. The van der Waals surface area contributed by atoms with Crippen molar-refractivity contribution in [3.05, 3.63) is 28.5 Å². The molecule has 0 heterocycles. The van der Waals surface area contributed by atoms with E-state index in [2.05, 4.69) is 0 Å². The van der Waals surface area contributed by atoms with Gasteiger partial charge in [-0.05, 0) is 32.4 Å². The molecule has 1 rings (SSSR count). The van der Waals surface area contributed by atoms with Crippen LogP contribution in [0.5, 0.6) is 5.75 Å². The molecule has 0 radical (unpaired) electrons. The zero-order chi connectivity index (χ0) is 11.6. The first-order valence-electron chi connectivity index (χ1n) is 4.65. The molecule has 0 unspecified atom stereocenters. The van der Waals surface area contributed by atoms with E-state index >= 15 is 0 Å². The molecule has 0 saturated heterocycles. The Balaban J connectivity index is 3.20. The van der Waals surface area contributed by atoms with Gasteiger partial charge in [-0.25, -0.2) is 4.39 Å². The van der Waals surface area contributed by atoms with Crippen molar-refractivity contribution in [2.24, 2.45) is 5.73 Å². The smallest absolute Gasteiger partial charge is 0.143 e. The average Bonchev–Trinajstić information content (AvgIpc) is 2.10. The van der Waals surface area contributed by atoms with Crippen molar-refractivity contribution in [2.75, 3.05) is 7.11 Å². The van der Waals surface area contributed by atoms with Crippen LogP contribution in [0, 0.1) is 5.82 Å². The van der Waals surface area contributed by atoms with Crippen molar-refractivity contribution in [2.45, 2.75) is 25.8 Å². The average molecular weight is 232 g/mol. The molecular weight excluding hydrogens is 217 g/mol. The first kappa shape index (κ1) is 12.3. The van der Waals surface area contributed by atoms with Crippen molar-refractivity contribution < 1.29 is 9.13 Å². The summed E-state index contributed by atoms with van der Waals surface area (Å²) in [6.45, 7) is 3.65. The molecule has 84 valence electrons. The largest absolute Gasteiger partial charge is 0.495 e. The van der Waals surface area contributed by atoms with E-state index in [1.807, 2.05) is 13.8 Å². The molecule has 0 amide bonds. The number of hydrogen-bond acceptors (Lipinski definition) is 2. The summed E-state index contributed by atoms with van der Waals surface area (Å²) in [6.07, 6.45) is 0.378. The molecule has 0 saturated carbocycles. The van der Waals surface area contributed by atoms with Crippen molar-refractivity contribution in [3.8, 4) is 5.75 Å². The van der Waals surface area contributed by atoms with Crippen LogP contribution in [0.25, 0.3) is 0 Å². The third kappa shape index (κ3) is 3.08. The number of nitrogens with two attached hydrogens (primary N) is 1.